The Bertz CT molecular complexity index is 675. The van der Waals surface area contributed by atoms with Crippen molar-refractivity contribution in [3.63, 3.8) is 0 Å². The first-order valence-electron chi connectivity index (χ1n) is 7.72. The van der Waals surface area contributed by atoms with Crippen molar-refractivity contribution in [3.05, 3.63) is 59.7 Å². The van der Waals surface area contributed by atoms with E-state index in [1.807, 2.05) is 51.1 Å². The van der Waals surface area contributed by atoms with Crippen LogP contribution in [0.2, 0.25) is 0 Å². The number of anilines is 2. The molecule has 122 valence electrons. The topological polar surface area (TPSA) is 50.4 Å². The second kappa shape index (κ2) is 7.18. The summed E-state index contributed by atoms with van der Waals surface area (Å²) in [6.45, 7) is 8.29. The molecule has 23 heavy (non-hydrogen) atoms. The number of hydrogen-bond donors (Lipinski definition) is 2. The van der Waals surface area contributed by atoms with Gasteiger partial charge in [0.25, 0.3) is 0 Å². The quantitative estimate of drug-likeness (QED) is 0.839. The van der Waals surface area contributed by atoms with E-state index in [4.69, 9.17) is 4.74 Å². The fourth-order valence-corrected chi connectivity index (χ4v) is 2.18. The van der Waals surface area contributed by atoms with Gasteiger partial charge in [0.2, 0.25) is 0 Å². The standard InChI is InChI=1S/C19H24N2O2/c1-14-8-7-9-15(12-14)13-20-16-10-5-6-11-17(16)21-18(22)23-19(2,3)4/h5-12,20H,13H2,1-4H3,(H,21,22). The van der Waals surface area contributed by atoms with Crippen LogP contribution in [0.3, 0.4) is 0 Å². The number of rotatable bonds is 4. The highest BCUT2D eigenvalue weighted by molar-refractivity contribution is 5.89. The number of para-hydroxylation sites is 2. The molecule has 0 atom stereocenters. The monoisotopic (exact) mass is 312 g/mol. The molecule has 0 spiro atoms. The number of carbonyl (C=O) groups excluding carboxylic acids is 1. The summed E-state index contributed by atoms with van der Waals surface area (Å²) in [5, 5.41) is 6.15. The smallest absolute Gasteiger partial charge is 0.412 e. The summed E-state index contributed by atoms with van der Waals surface area (Å²) in [7, 11) is 0. The van der Waals surface area contributed by atoms with Gasteiger partial charge in [-0.1, -0.05) is 42.0 Å². The molecule has 0 aliphatic rings. The van der Waals surface area contributed by atoms with Crippen LogP contribution in [0.1, 0.15) is 31.9 Å². The molecule has 0 aliphatic heterocycles. The molecule has 0 saturated heterocycles. The van der Waals surface area contributed by atoms with E-state index in [1.165, 1.54) is 11.1 Å². The average molecular weight is 312 g/mol. The first kappa shape index (κ1) is 16.9. The lowest BCUT2D eigenvalue weighted by Gasteiger charge is -2.20. The molecule has 0 bridgehead atoms. The summed E-state index contributed by atoms with van der Waals surface area (Å²) in [5.41, 5.74) is 3.46. The van der Waals surface area contributed by atoms with Crippen molar-refractivity contribution in [2.45, 2.75) is 39.8 Å². The third-order valence-electron chi connectivity index (χ3n) is 3.13. The number of benzene rings is 2. The van der Waals surface area contributed by atoms with Crippen molar-refractivity contribution < 1.29 is 9.53 Å². The summed E-state index contributed by atoms with van der Waals surface area (Å²) in [6, 6.07) is 15.9. The van der Waals surface area contributed by atoms with E-state index in [9.17, 15) is 4.79 Å². The van der Waals surface area contributed by atoms with Gasteiger partial charge in [-0.3, -0.25) is 5.32 Å². The van der Waals surface area contributed by atoms with E-state index in [0.29, 0.717) is 12.2 Å². The third-order valence-corrected chi connectivity index (χ3v) is 3.13. The minimum atomic E-state index is -0.520. The molecule has 2 aromatic carbocycles. The Morgan fingerprint density at radius 2 is 1.74 bits per heavy atom. The number of amides is 1. The largest absolute Gasteiger partial charge is 0.444 e. The average Bonchev–Trinajstić information content (AvgIpc) is 2.44. The lowest BCUT2D eigenvalue weighted by Crippen LogP contribution is -2.27. The minimum Gasteiger partial charge on any atom is -0.444 e. The zero-order valence-corrected chi connectivity index (χ0v) is 14.1. The molecule has 0 heterocycles. The van der Waals surface area contributed by atoms with Gasteiger partial charge in [-0.2, -0.15) is 0 Å². The Morgan fingerprint density at radius 1 is 1.04 bits per heavy atom. The van der Waals surface area contributed by atoms with E-state index < -0.39 is 11.7 Å². The molecule has 2 aromatic rings. The lowest BCUT2D eigenvalue weighted by molar-refractivity contribution is 0.0636. The summed E-state index contributed by atoms with van der Waals surface area (Å²) in [6.07, 6.45) is -0.456. The first-order valence-corrected chi connectivity index (χ1v) is 7.72. The van der Waals surface area contributed by atoms with Crippen LogP contribution < -0.4 is 10.6 Å². The van der Waals surface area contributed by atoms with Gasteiger partial charge in [0.15, 0.2) is 0 Å². The van der Waals surface area contributed by atoms with Crippen LogP contribution >= 0.6 is 0 Å². The summed E-state index contributed by atoms with van der Waals surface area (Å²) in [4.78, 5) is 11.9. The van der Waals surface area contributed by atoms with Crippen molar-refractivity contribution in [3.8, 4) is 0 Å². The van der Waals surface area contributed by atoms with Crippen molar-refractivity contribution in [2.75, 3.05) is 10.6 Å². The van der Waals surface area contributed by atoms with Crippen LogP contribution in [0.25, 0.3) is 0 Å². The van der Waals surface area contributed by atoms with Gasteiger partial charge in [0.05, 0.1) is 11.4 Å². The van der Waals surface area contributed by atoms with Gasteiger partial charge in [-0.25, -0.2) is 4.79 Å². The molecule has 0 aliphatic carbocycles. The highest BCUT2D eigenvalue weighted by atomic mass is 16.6. The van der Waals surface area contributed by atoms with Crippen LogP contribution in [-0.2, 0) is 11.3 Å². The summed E-state index contributed by atoms with van der Waals surface area (Å²) < 4.78 is 5.30. The Balaban J connectivity index is 2.04. The normalized spacial score (nSPS) is 11.0. The Labute approximate surface area is 137 Å². The zero-order chi connectivity index (χ0) is 16.9. The molecule has 4 nitrogen and oxygen atoms in total. The van der Waals surface area contributed by atoms with Crippen molar-refractivity contribution >= 4 is 17.5 Å². The van der Waals surface area contributed by atoms with Gasteiger partial charge in [-0.05, 0) is 45.4 Å². The molecular weight excluding hydrogens is 288 g/mol. The molecular formula is C19H24N2O2. The third kappa shape index (κ3) is 5.66. The maximum atomic E-state index is 11.9. The number of aryl methyl sites for hydroxylation is 1. The first-order chi connectivity index (χ1) is 10.8. The van der Waals surface area contributed by atoms with Crippen LogP contribution in [0, 0.1) is 6.92 Å². The maximum absolute atomic E-state index is 11.9. The van der Waals surface area contributed by atoms with Gasteiger partial charge in [0, 0.05) is 6.54 Å². The van der Waals surface area contributed by atoms with Gasteiger partial charge < -0.3 is 10.1 Å². The molecule has 0 radical (unpaired) electrons. The highest BCUT2D eigenvalue weighted by Gasteiger charge is 2.17. The SMILES string of the molecule is Cc1cccc(CNc2ccccc2NC(=O)OC(C)(C)C)c1. The highest BCUT2D eigenvalue weighted by Crippen LogP contribution is 2.22. The predicted octanol–water partition coefficient (Wildman–Crippen LogP) is 4.95. The van der Waals surface area contributed by atoms with Gasteiger partial charge in [-0.15, -0.1) is 0 Å². The van der Waals surface area contributed by atoms with Gasteiger partial charge in [0.1, 0.15) is 5.60 Å². The van der Waals surface area contributed by atoms with Crippen molar-refractivity contribution in [2.24, 2.45) is 0 Å². The molecule has 4 heteroatoms. The Kier molecular flexibility index (Phi) is 5.27. The number of nitrogens with one attached hydrogen (secondary N) is 2. The van der Waals surface area contributed by atoms with E-state index in [-0.39, 0.29) is 0 Å². The molecule has 1 amide bonds. The molecule has 0 saturated carbocycles. The van der Waals surface area contributed by atoms with E-state index in [1.54, 1.807) is 0 Å². The minimum absolute atomic E-state index is 0.456. The molecule has 2 N–H and O–H groups in total. The summed E-state index contributed by atoms with van der Waals surface area (Å²) in [5.74, 6) is 0. The van der Waals surface area contributed by atoms with Crippen LogP contribution in [0.4, 0.5) is 16.2 Å². The molecule has 0 unspecified atom stereocenters. The van der Waals surface area contributed by atoms with Gasteiger partial charge >= 0.3 is 6.09 Å². The number of ether oxygens (including phenoxy) is 1. The Morgan fingerprint density at radius 3 is 2.39 bits per heavy atom. The second-order valence-electron chi connectivity index (χ2n) is 6.52. The molecule has 2 rings (SSSR count). The maximum Gasteiger partial charge on any atom is 0.412 e. The zero-order valence-electron chi connectivity index (χ0n) is 14.1. The van der Waals surface area contributed by atoms with Crippen molar-refractivity contribution in [1.82, 2.24) is 0 Å². The Hall–Kier alpha value is -2.49. The molecule has 0 aromatic heterocycles. The number of carbonyl (C=O) groups is 1. The lowest BCUT2D eigenvalue weighted by atomic mass is 10.1. The van der Waals surface area contributed by atoms with Crippen LogP contribution in [-0.4, -0.2) is 11.7 Å². The summed E-state index contributed by atoms with van der Waals surface area (Å²) >= 11 is 0. The van der Waals surface area contributed by atoms with E-state index >= 15 is 0 Å². The predicted molar refractivity (Wildman–Crippen MR) is 94.8 cm³/mol. The number of hydrogen-bond acceptors (Lipinski definition) is 3. The molecule has 0 fully saturated rings. The fourth-order valence-electron chi connectivity index (χ4n) is 2.18. The van der Waals surface area contributed by atoms with E-state index in [2.05, 4.69) is 35.8 Å². The van der Waals surface area contributed by atoms with Crippen molar-refractivity contribution in [1.29, 1.82) is 0 Å². The van der Waals surface area contributed by atoms with Crippen LogP contribution in [0.5, 0.6) is 0 Å². The van der Waals surface area contributed by atoms with E-state index in [0.717, 1.165) is 5.69 Å². The van der Waals surface area contributed by atoms with Crippen LogP contribution in [0.15, 0.2) is 48.5 Å². The fraction of sp³-hybridized carbons (Fsp3) is 0.316. The second-order valence-corrected chi connectivity index (χ2v) is 6.52.